The molecule has 0 unspecified atom stereocenters. The second-order valence-electron chi connectivity index (χ2n) is 8.49. The summed E-state index contributed by atoms with van der Waals surface area (Å²) in [6.07, 6.45) is 0.965. The zero-order valence-corrected chi connectivity index (χ0v) is 16.3. The van der Waals surface area contributed by atoms with E-state index in [1.807, 2.05) is 25.1 Å². The third-order valence-corrected chi connectivity index (χ3v) is 5.57. The lowest BCUT2D eigenvalue weighted by atomic mass is 9.75. The molecule has 1 aromatic carbocycles. The summed E-state index contributed by atoms with van der Waals surface area (Å²) in [4.78, 5) is 41.3. The van der Waals surface area contributed by atoms with Gasteiger partial charge in [0.25, 0.3) is 0 Å². The number of benzene rings is 1. The number of hydrogen-bond donors (Lipinski definition) is 4. The minimum atomic E-state index is -1.01. The van der Waals surface area contributed by atoms with Gasteiger partial charge >= 0.3 is 12.1 Å². The van der Waals surface area contributed by atoms with E-state index in [-0.39, 0.29) is 24.3 Å². The van der Waals surface area contributed by atoms with Crippen molar-refractivity contribution in [2.45, 2.75) is 50.8 Å². The summed E-state index contributed by atoms with van der Waals surface area (Å²) in [6.45, 7) is 7.43. The van der Waals surface area contributed by atoms with Crippen LogP contribution in [0.2, 0.25) is 0 Å². The van der Waals surface area contributed by atoms with Gasteiger partial charge in [-0.2, -0.15) is 0 Å². The highest BCUT2D eigenvalue weighted by Gasteiger charge is 2.55. The summed E-state index contributed by atoms with van der Waals surface area (Å²) in [5, 5.41) is 9.25. The summed E-state index contributed by atoms with van der Waals surface area (Å²) in [7, 11) is 0. The number of hydrogen-bond acceptors (Lipinski definition) is 4. The molecular weight excluding hydrogens is 360 g/mol. The Labute approximate surface area is 162 Å². The van der Waals surface area contributed by atoms with Crippen LogP contribution in [0.25, 0.3) is 10.9 Å². The van der Waals surface area contributed by atoms with Gasteiger partial charge in [-0.05, 0) is 32.4 Å². The van der Waals surface area contributed by atoms with E-state index in [9.17, 15) is 14.4 Å². The molecule has 1 aliphatic carbocycles. The number of urea groups is 1. The summed E-state index contributed by atoms with van der Waals surface area (Å²) < 4.78 is 5.38. The van der Waals surface area contributed by atoms with E-state index in [2.05, 4.69) is 20.9 Å². The molecule has 8 nitrogen and oxygen atoms in total. The molecule has 3 atom stereocenters. The zero-order valence-electron chi connectivity index (χ0n) is 16.3. The van der Waals surface area contributed by atoms with Crippen molar-refractivity contribution < 1.29 is 19.1 Å². The van der Waals surface area contributed by atoms with Crippen LogP contribution in [0.4, 0.5) is 9.59 Å². The van der Waals surface area contributed by atoms with Crippen LogP contribution in [0.3, 0.4) is 0 Å². The molecule has 0 radical (unpaired) electrons. The number of aromatic nitrogens is 1. The number of ether oxygens (including phenoxy) is 1. The number of alkyl carbamates (subject to hydrolysis) is 1. The Morgan fingerprint density at radius 3 is 2.68 bits per heavy atom. The largest absolute Gasteiger partial charge is 0.444 e. The highest BCUT2D eigenvalue weighted by Crippen LogP contribution is 2.42. The molecule has 0 saturated carbocycles. The van der Waals surface area contributed by atoms with E-state index in [1.165, 1.54) is 0 Å². The number of nitrogens with one attached hydrogen (secondary N) is 4. The minimum absolute atomic E-state index is 0.212. The van der Waals surface area contributed by atoms with Crippen molar-refractivity contribution in [2.75, 3.05) is 6.54 Å². The predicted molar refractivity (Wildman–Crippen MR) is 103 cm³/mol. The molecule has 1 saturated heterocycles. The molecule has 4 rings (SSSR count). The molecule has 2 aromatic rings. The molecular formula is C20H24N4O4. The normalized spacial score (nSPS) is 26.7. The van der Waals surface area contributed by atoms with Gasteiger partial charge in [0.2, 0.25) is 0 Å². The fourth-order valence-corrected chi connectivity index (χ4v) is 4.27. The van der Waals surface area contributed by atoms with Crippen LogP contribution in [-0.2, 0) is 4.74 Å². The quantitative estimate of drug-likeness (QED) is 0.605. The Balaban J connectivity index is 1.84. The monoisotopic (exact) mass is 384 g/mol. The van der Waals surface area contributed by atoms with Crippen LogP contribution in [0.5, 0.6) is 0 Å². The van der Waals surface area contributed by atoms with Gasteiger partial charge in [-0.3, -0.25) is 4.79 Å². The van der Waals surface area contributed by atoms with Gasteiger partial charge < -0.3 is 25.7 Å². The maximum Gasteiger partial charge on any atom is 0.408 e. The van der Waals surface area contributed by atoms with Gasteiger partial charge in [-0.15, -0.1) is 0 Å². The molecule has 1 fully saturated rings. The second-order valence-corrected chi connectivity index (χ2v) is 8.49. The van der Waals surface area contributed by atoms with Crippen molar-refractivity contribution in [1.29, 1.82) is 0 Å². The van der Waals surface area contributed by atoms with E-state index >= 15 is 0 Å². The Morgan fingerprint density at radius 2 is 2.04 bits per heavy atom. The summed E-state index contributed by atoms with van der Waals surface area (Å²) in [6, 6.07) is 4.43. The maximum atomic E-state index is 13.5. The van der Waals surface area contributed by atoms with Gasteiger partial charge in [0, 0.05) is 35.1 Å². The standard InChI is InChI=1S/C20H24N4O4/c1-10-11-6-5-7-13-14(11)12(8-21-13)15(25)16(20(10)9-22-17(26)24-20)23-18(27)28-19(2,3)4/h5-8,10,16,21H,9H2,1-4H3,(H,23,27)(H2,22,24,26)/t10-,16-,20-/m0/s1. The maximum absolute atomic E-state index is 13.5. The third kappa shape index (κ3) is 2.71. The van der Waals surface area contributed by atoms with Gasteiger partial charge in [-0.25, -0.2) is 9.59 Å². The molecule has 0 bridgehead atoms. The first-order valence-electron chi connectivity index (χ1n) is 9.32. The Bertz CT molecular complexity index is 990. The Morgan fingerprint density at radius 1 is 1.29 bits per heavy atom. The molecule has 3 amide bonds. The lowest BCUT2D eigenvalue weighted by molar-refractivity contribution is 0.0450. The Kier molecular flexibility index (Phi) is 3.92. The molecule has 148 valence electrons. The van der Waals surface area contributed by atoms with Crippen molar-refractivity contribution in [2.24, 2.45) is 0 Å². The predicted octanol–water partition coefficient (Wildman–Crippen LogP) is 2.41. The molecule has 4 N–H and O–H groups in total. The van der Waals surface area contributed by atoms with E-state index < -0.39 is 23.3 Å². The number of aromatic amines is 1. The van der Waals surface area contributed by atoms with Crippen LogP contribution in [-0.4, -0.2) is 46.6 Å². The Hall–Kier alpha value is -3.03. The van der Waals surface area contributed by atoms with Crippen LogP contribution in [0.1, 0.15) is 49.5 Å². The van der Waals surface area contributed by atoms with Crippen molar-refractivity contribution in [3.05, 3.63) is 35.5 Å². The van der Waals surface area contributed by atoms with E-state index in [0.717, 1.165) is 16.5 Å². The highest BCUT2D eigenvalue weighted by molar-refractivity contribution is 6.14. The molecule has 1 spiro atoms. The molecule has 8 heteroatoms. The average molecular weight is 384 g/mol. The topological polar surface area (TPSA) is 112 Å². The number of amides is 3. The van der Waals surface area contributed by atoms with Crippen LogP contribution < -0.4 is 16.0 Å². The first-order valence-corrected chi connectivity index (χ1v) is 9.32. The molecule has 1 aromatic heterocycles. The van der Waals surface area contributed by atoms with Crippen molar-refractivity contribution in [3.8, 4) is 0 Å². The van der Waals surface area contributed by atoms with Gasteiger partial charge in [-0.1, -0.05) is 19.1 Å². The van der Waals surface area contributed by atoms with Gasteiger partial charge in [0.15, 0.2) is 5.78 Å². The van der Waals surface area contributed by atoms with E-state index in [4.69, 9.17) is 4.74 Å². The fourth-order valence-electron chi connectivity index (χ4n) is 4.27. The highest BCUT2D eigenvalue weighted by atomic mass is 16.6. The van der Waals surface area contributed by atoms with Crippen molar-refractivity contribution >= 4 is 28.8 Å². The minimum Gasteiger partial charge on any atom is -0.444 e. The van der Waals surface area contributed by atoms with Crippen molar-refractivity contribution in [1.82, 2.24) is 20.9 Å². The summed E-state index contributed by atoms with van der Waals surface area (Å²) in [5.41, 5.74) is 0.568. The first kappa shape index (κ1) is 18.3. The number of ketones is 1. The van der Waals surface area contributed by atoms with E-state index in [0.29, 0.717) is 5.56 Å². The number of H-pyrrole nitrogens is 1. The lowest BCUT2D eigenvalue weighted by Gasteiger charge is -2.39. The SMILES string of the molecule is C[C@H]1c2cccc3[nH]cc(c23)C(=O)[C@H](NC(=O)OC(C)(C)C)[C@]12CNC(=O)N2. The van der Waals surface area contributed by atoms with Crippen molar-refractivity contribution in [3.63, 3.8) is 0 Å². The van der Waals surface area contributed by atoms with E-state index in [1.54, 1.807) is 27.0 Å². The number of rotatable bonds is 1. The average Bonchev–Trinajstić information content (AvgIpc) is 3.19. The number of Topliss-reactive ketones (excluding diaryl/α,β-unsaturated/α-hetero) is 1. The molecule has 2 aliphatic rings. The summed E-state index contributed by atoms with van der Waals surface area (Å²) in [5.74, 6) is -0.506. The molecule has 2 heterocycles. The molecule has 28 heavy (non-hydrogen) atoms. The van der Waals surface area contributed by atoms with Crippen LogP contribution in [0, 0.1) is 0 Å². The second kappa shape index (κ2) is 5.98. The zero-order chi connectivity index (χ0) is 20.3. The number of carbonyl (C=O) groups is 3. The van der Waals surface area contributed by atoms with Crippen LogP contribution >= 0.6 is 0 Å². The van der Waals surface area contributed by atoms with Gasteiger partial charge in [0.1, 0.15) is 11.6 Å². The number of carbonyl (C=O) groups excluding carboxylic acids is 3. The lowest BCUT2D eigenvalue weighted by Crippen LogP contribution is -2.65. The first-order chi connectivity index (χ1) is 13.1. The molecule has 1 aliphatic heterocycles. The smallest absolute Gasteiger partial charge is 0.408 e. The van der Waals surface area contributed by atoms with Crippen LogP contribution in [0.15, 0.2) is 24.4 Å². The third-order valence-electron chi connectivity index (χ3n) is 5.57. The summed E-state index contributed by atoms with van der Waals surface area (Å²) >= 11 is 0. The van der Waals surface area contributed by atoms with Gasteiger partial charge in [0.05, 0.1) is 5.54 Å². The fraction of sp³-hybridized carbons (Fsp3) is 0.450.